The highest BCUT2D eigenvalue weighted by Crippen LogP contribution is 2.20. The van der Waals surface area contributed by atoms with Crippen LogP contribution in [0.4, 0.5) is 10.5 Å². The molecular weight excluding hydrogens is 416 g/mol. The molecule has 9 heteroatoms. The van der Waals surface area contributed by atoms with Crippen molar-refractivity contribution >= 4 is 23.3 Å². The minimum atomic E-state index is -0.366. The first-order valence-electron chi connectivity index (χ1n) is 9.48. The van der Waals surface area contributed by atoms with Gasteiger partial charge in [-0.1, -0.05) is 23.7 Å². The Kier molecular flexibility index (Phi) is 5.81. The molecule has 8 nitrogen and oxygen atoms in total. The van der Waals surface area contributed by atoms with Crippen molar-refractivity contribution in [2.24, 2.45) is 0 Å². The third-order valence-corrected chi connectivity index (χ3v) is 5.07. The zero-order valence-electron chi connectivity index (χ0n) is 16.6. The van der Waals surface area contributed by atoms with Gasteiger partial charge in [-0.2, -0.15) is 0 Å². The van der Waals surface area contributed by atoms with Crippen LogP contribution in [0, 0.1) is 6.92 Å². The molecule has 0 fully saturated rings. The maximum atomic E-state index is 12.8. The average Bonchev–Trinajstić information content (AvgIpc) is 3.17. The topological polar surface area (TPSA) is 105 Å². The van der Waals surface area contributed by atoms with Gasteiger partial charge in [0.1, 0.15) is 0 Å². The molecule has 4 aromatic rings. The van der Waals surface area contributed by atoms with E-state index in [0.717, 1.165) is 11.1 Å². The van der Waals surface area contributed by atoms with Crippen LogP contribution >= 0.6 is 11.6 Å². The third kappa shape index (κ3) is 4.65. The number of anilines is 1. The van der Waals surface area contributed by atoms with Crippen LogP contribution in [0.1, 0.15) is 11.1 Å². The zero-order chi connectivity index (χ0) is 21.8. The lowest BCUT2D eigenvalue weighted by Crippen LogP contribution is -2.28. The molecule has 0 aliphatic rings. The predicted octanol–water partition coefficient (Wildman–Crippen LogP) is 3.91. The van der Waals surface area contributed by atoms with Crippen LogP contribution < -0.4 is 16.2 Å². The first-order valence-corrected chi connectivity index (χ1v) is 9.86. The molecule has 0 bridgehead atoms. The molecule has 0 unspecified atom stereocenters. The summed E-state index contributed by atoms with van der Waals surface area (Å²) >= 11 is 6.09. The Morgan fingerprint density at radius 2 is 2.06 bits per heavy atom. The van der Waals surface area contributed by atoms with E-state index in [1.807, 2.05) is 19.1 Å². The van der Waals surface area contributed by atoms with Gasteiger partial charge in [0.2, 0.25) is 0 Å². The number of aromatic nitrogens is 4. The van der Waals surface area contributed by atoms with Gasteiger partial charge < -0.3 is 10.6 Å². The normalized spacial score (nSPS) is 10.6. The maximum Gasteiger partial charge on any atom is 0.319 e. The Morgan fingerprint density at radius 1 is 1.19 bits per heavy atom. The third-order valence-electron chi connectivity index (χ3n) is 4.67. The molecular formula is C22H19ClN6O2. The van der Waals surface area contributed by atoms with Gasteiger partial charge in [0.15, 0.2) is 5.82 Å². The number of pyridine rings is 2. The Bertz CT molecular complexity index is 1280. The van der Waals surface area contributed by atoms with Gasteiger partial charge in [0, 0.05) is 47.6 Å². The van der Waals surface area contributed by atoms with E-state index in [1.54, 1.807) is 55.1 Å². The molecule has 156 valence electrons. The second-order valence-corrected chi connectivity index (χ2v) is 7.27. The summed E-state index contributed by atoms with van der Waals surface area (Å²) in [5, 5.41) is 9.03. The quantitative estimate of drug-likeness (QED) is 0.443. The van der Waals surface area contributed by atoms with E-state index in [9.17, 15) is 9.59 Å². The number of nitrogens with one attached hydrogen (secondary N) is 3. The summed E-state index contributed by atoms with van der Waals surface area (Å²) in [5.74, 6) is 0.421. The lowest BCUT2D eigenvalue weighted by Gasteiger charge is -2.09. The zero-order valence-corrected chi connectivity index (χ0v) is 17.3. The number of nitrogens with zero attached hydrogens (tertiary/aromatic N) is 3. The van der Waals surface area contributed by atoms with Crippen molar-refractivity contribution in [3.8, 4) is 16.9 Å². The van der Waals surface area contributed by atoms with Gasteiger partial charge in [-0.25, -0.2) is 14.5 Å². The SMILES string of the molecule is Cc1ccc(NC(=O)NCc2ccnc(-n3[nH]cc(-c4cccnc4)c3=O)c2)cc1Cl. The molecule has 0 aliphatic carbocycles. The van der Waals surface area contributed by atoms with Gasteiger partial charge in [-0.3, -0.25) is 14.9 Å². The fourth-order valence-corrected chi connectivity index (χ4v) is 3.17. The number of carbonyl (C=O) groups excluding carboxylic acids is 1. The van der Waals surface area contributed by atoms with E-state index in [4.69, 9.17) is 11.6 Å². The Balaban J connectivity index is 1.45. The minimum absolute atomic E-state index is 0.236. The highest BCUT2D eigenvalue weighted by molar-refractivity contribution is 6.31. The molecule has 0 saturated heterocycles. The van der Waals surface area contributed by atoms with Crippen molar-refractivity contribution in [1.82, 2.24) is 25.1 Å². The average molecular weight is 435 g/mol. The van der Waals surface area contributed by atoms with Crippen LogP contribution in [0.3, 0.4) is 0 Å². The van der Waals surface area contributed by atoms with Gasteiger partial charge in [0.25, 0.3) is 5.56 Å². The fraction of sp³-hybridized carbons (Fsp3) is 0.0909. The summed E-state index contributed by atoms with van der Waals surface area (Å²) in [6.45, 7) is 2.15. The smallest absolute Gasteiger partial charge is 0.319 e. The Hall–Kier alpha value is -3.91. The van der Waals surface area contributed by atoms with Crippen LogP contribution in [0.15, 0.2) is 72.0 Å². The number of aryl methyl sites for hydroxylation is 1. The summed E-state index contributed by atoms with van der Waals surface area (Å²) in [6, 6.07) is 12.0. The minimum Gasteiger partial charge on any atom is -0.334 e. The lowest BCUT2D eigenvalue weighted by molar-refractivity contribution is 0.251. The molecule has 31 heavy (non-hydrogen) atoms. The van der Waals surface area contributed by atoms with Crippen LogP contribution in [0.2, 0.25) is 5.02 Å². The molecule has 0 spiro atoms. The van der Waals surface area contributed by atoms with Gasteiger partial charge >= 0.3 is 6.03 Å². The monoisotopic (exact) mass is 434 g/mol. The van der Waals surface area contributed by atoms with Crippen LogP contribution in [-0.2, 0) is 6.54 Å². The number of hydrogen-bond acceptors (Lipinski definition) is 4. The number of benzene rings is 1. The number of rotatable bonds is 5. The summed E-state index contributed by atoms with van der Waals surface area (Å²) in [4.78, 5) is 33.3. The molecule has 3 N–H and O–H groups in total. The highest BCUT2D eigenvalue weighted by atomic mass is 35.5. The predicted molar refractivity (Wildman–Crippen MR) is 119 cm³/mol. The molecule has 0 aliphatic heterocycles. The lowest BCUT2D eigenvalue weighted by atomic mass is 10.2. The molecule has 1 aromatic carbocycles. The molecule has 4 rings (SSSR count). The highest BCUT2D eigenvalue weighted by Gasteiger charge is 2.11. The number of hydrogen-bond donors (Lipinski definition) is 3. The standard InChI is InChI=1S/C22H19ClN6O2/c1-14-4-5-17(10-19(14)23)28-22(31)26-11-15-6-8-25-20(9-15)29-21(30)18(13-27-29)16-3-2-7-24-12-16/h2-10,12-13,27H,11H2,1H3,(H2,26,28,31). The van der Waals surface area contributed by atoms with Crippen molar-refractivity contribution in [3.63, 3.8) is 0 Å². The van der Waals surface area contributed by atoms with Crippen molar-refractivity contribution < 1.29 is 4.79 Å². The van der Waals surface area contributed by atoms with Gasteiger partial charge in [-0.15, -0.1) is 0 Å². The van der Waals surface area contributed by atoms with E-state index in [2.05, 4.69) is 25.7 Å². The number of carbonyl (C=O) groups is 1. The van der Waals surface area contributed by atoms with Crippen LogP contribution in [-0.4, -0.2) is 25.8 Å². The largest absolute Gasteiger partial charge is 0.334 e. The fourth-order valence-electron chi connectivity index (χ4n) is 2.99. The van der Waals surface area contributed by atoms with Crippen molar-refractivity contribution in [1.29, 1.82) is 0 Å². The number of amides is 2. The number of aromatic amines is 1. The molecule has 3 aromatic heterocycles. The van der Waals surface area contributed by atoms with E-state index in [0.29, 0.717) is 27.7 Å². The number of halogens is 1. The maximum absolute atomic E-state index is 12.8. The first-order chi connectivity index (χ1) is 15.0. The van der Waals surface area contributed by atoms with Crippen LogP contribution in [0.5, 0.6) is 0 Å². The Morgan fingerprint density at radius 3 is 2.84 bits per heavy atom. The van der Waals surface area contributed by atoms with E-state index < -0.39 is 0 Å². The summed E-state index contributed by atoms with van der Waals surface area (Å²) in [7, 11) is 0. The van der Waals surface area contributed by atoms with Crippen molar-refractivity contribution in [2.75, 3.05) is 5.32 Å². The van der Waals surface area contributed by atoms with Crippen molar-refractivity contribution in [2.45, 2.75) is 13.5 Å². The first kappa shape index (κ1) is 20.4. The molecule has 0 atom stereocenters. The van der Waals surface area contributed by atoms with E-state index in [1.165, 1.54) is 4.68 Å². The van der Waals surface area contributed by atoms with E-state index >= 15 is 0 Å². The molecule has 3 heterocycles. The van der Waals surface area contributed by atoms with E-state index in [-0.39, 0.29) is 18.1 Å². The molecule has 0 saturated carbocycles. The summed E-state index contributed by atoms with van der Waals surface area (Å²) < 4.78 is 1.35. The van der Waals surface area contributed by atoms with Gasteiger partial charge in [-0.05, 0) is 48.4 Å². The Labute approximate surface area is 182 Å². The number of H-pyrrole nitrogens is 1. The van der Waals surface area contributed by atoms with Crippen LogP contribution in [0.25, 0.3) is 16.9 Å². The second kappa shape index (κ2) is 8.85. The molecule has 2 amide bonds. The number of urea groups is 1. The van der Waals surface area contributed by atoms with Crippen molar-refractivity contribution in [3.05, 3.63) is 93.8 Å². The molecule has 0 radical (unpaired) electrons. The van der Waals surface area contributed by atoms with Gasteiger partial charge in [0.05, 0.1) is 5.56 Å². The summed E-state index contributed by atoms with van der Waals surface area (Å²) in [6.07, 6.45) is 6.48. The summed E-state index contributed by atoms with van der Waals surface area (Å²) in [5.41, 5.74) is 3.29. The second-order valence-electron chi connectivity index (χ2n) is 6.86.